The molecule has 0 saturated carbocycles. The van der Waals surface area contributed by atoms with Gasteiger partial charge >= 0.3 is 0 Å². The van der Waals surface area contributed by atoms with Gasteiger partial charge in [0.1, 0.15) is 0 Å². The van der Waals surface area contributed by atoms with E-state index in [1.165, 1.54) is 4.88 Å². The highest BCUT2D eigenvalue weighted by Gasteiger charge is 2.07. The van der Waals surface area contributed by atoms with E-state index in [4.69, 9.17) is 5.11 Å². The fourth-order valence-electron chi connectivity index (χ4n) is 1.31. The molecule has 1 heterocycles. The summed E-state index contributed by atoms with van der Waals surface area (Å²) in [6, 6.07) is 0.205. The summed E-state index contributed by atoms with van der Waals surface area (Å²) in [7, 11) is 0. The zero-order chi connectivity index (χ0) is 10.6. The second-order valence-corrected chi connectivity index (χ2v) is 4.70. The molecule has 3 nitrogen and oxygen atoms in total. The molecule has 2 N–H and O–H groups in total. The minimum Gasteiger partial charge on any atom is -0.395 e. The van der Waals surface area contributed by atoms with Crippen LogP contribution in [-0.4, -0.2) is 22.7 Å². The van der Waals surface area contributed by atoms with E-state index in [2.05, 4.69) is 17.2 Å². The van der Waals surface area contributed by atoms with Crippen LogP contribution in [0.25, 0.3) is 0 Å². The van der Waals surface area contributed by atoms with Crippen LogP contribution in [0.5, 0.6) is 0 Å². The number of aliphatic hydroxyl groups is 1. The molecule has 0 unspecified atom stereocenters. The average Bonchev–Trinajstić information content (AvgIpc) is 2.47. The molecule has 14 heavy (non-hydrogen) atoms. The normalized spacial score (nSPS) is 13.1. The van der Waals surface area contributed by atoms with Gasteiger partial charge in [-0.25, -0.2) is 4.98 Å². The van der Waals surface area contributed by atoms with Crippen LogP contribution in [-0.2, 0) is 6.54 Å². The maximum absolute atomic E-state index is 9.00. The average molecular weight is 214 g/mol. The third-order valence-electron chi connectivity index (χ3n) is 2.26. The Kier molecular flexibility index (Phi) is 4.51. The monoisotopic (exact) mass is 214 g/mol. The summed E-state index contributed by atoms with van der Waals surface area (Å²) in [5.74, 6) is 0. The first-order valence-electron chi connectivity index (χ1n) is 4.94. The van der Waals surface area contributed by atoms with E-state index >= 15 is 0 Å². The maximum atomic E-state index is 9.00. The first-order valence-corrected chi connectivity index (χ1v) is 5.76. The Hall–Kier alpha value is -0.450. The van der Waals surface area contributed by atoms with Gasteiger partial charge in [-0.3, -0.25) is 0 Å². The van der Waals surface area contributed by atoms with Gasteiger partial charge in [-0.15, -0.1) is 11.3 Å². The van der Waals surface area contributed by atoms with Crippen molar-refractivity contribution in [2.24, 2.45) is 0 Å². The van der Waals surface area contributed by atoms with E-state index in [0.717, 1.165) is 23.7 Å². The number of thiazole rings is 1. The number of nitrogens with one attached hydrogen (secondary N) is 1. The molecule has 0 radical (unpaired) electrons. The van der Waals surface area contributed by atoms with Gasteiger partial charge in [0.25, 0.3) is 0 Å². The number of hydrogen-bond donors (Lipinski definition) is 2. The topological polar surface area (TPSA) is 45.1 Å². The van der Waals surface area contributed by atoms with Crippen LogP contribution in [0.15, 0.2) is 0 Å². The summed E-state index contributed by atoms with van der Waals surface area (Å²) in [4.78, 5) is 5.63. The molecular formula is C10H18N2OS. The summed E-state index contributed by atoms with van der Waals surface area (Å²) in [6.07, 6.45) is 0.952. The van der Waals surface area contributed by atoms with Crippen molar-refractivity contribution in [2.75, 3.05) is 6.61 Å². The van der Waals surface area contributed by atoms with Crippen LogP contribution >= 0.6 is 11.3 Å². The summed E-state index contributed by atoms with van der Waals surface area (Å²) in [5.41, 5.74) is 1.10. The number of hydrogen-bond acceptors (Lipinski definition) is 4. The summed E-state index contributed by atoms with van der Waals surface area (Å²) < 4.78 is 0. The predicted molar refractivity (Wildman–Crippen MR) is 59.6 cm³/mol. The fraction of sp³-hybridized carbons (Fsp3) is 0.700. The molecule has 0 aliphatic carbocycles. The van der Waals surface area contributed by atoms with E-state index in [0.29, 0.717) is 0 Å². The number of aromatic nitrogens is 1. The van der Waals surface area contributed by atoms with Gasteiger partial charge in [0, 0.05) is 17.5 Å². The highest BCUT2D eigenvalue weighted by molar-refractivity contribution is 7.11. The van der Waals surface area contributed by atoms with Crippen molar-refractivity contribution in [1.29, 1.82) is 0 Å². The second kappa shape index (κ2) is 5.44. The SMILES string of the molecule is CC[C@@H](CO)NCc1sc(C)nc1C. The van der Waals surface area contributed by atoms with E-state index in [-0.39, 0.29) is 12.6 Å². The maximum Gasteiger partial charge on any atom is 0.0900 e. The van der Waals surface area contributed by atoms with Crippen molar-refractivity contribution >= 4 is 11.3 Å². The standard InChI is InChI=1S/C10H18N2OS/c1-4-9(6-13)11-5-10-7(2)12-8(3)14-10/h9,11,13H,4-6H2,1-3H3/t9-/m0/s1. The lowest BCUT2D eigenvalue weighted by Gasteiger charge is -2.12. The van der Waals surface area contributed by atoms with Crippen LogP contribution in [0.2, 0.25) is 0 Å². The molecular weight excluding hydrogens is 196 g/mol. The molecule has 0 amide bonds. The molecule has 0 bridgehead atoms. The molecule has 0 aromatic carbocycles. The minimum atomic E-state index is 0.202. The van der Waals surface area contributed by atoms with E-state index in [1.807, 2.05) is 13.8 Å². The van der Waals surface area contributed by atoms with Crippen molar-refractivity contribution in [3.8, 4) is 0 Å². The molecule has 0 saturated heterocycles. The third-order valence-corrected chi connectivity index (χ3v) is 3.34. The van der Waals surface area contributed by atoms with Crippen LogP contribution in [0.3, 0.4) is 0 Å². The largest absolute Gasteiger partial charge is 0.395 e. The van der Waals surface area contributed by atoms with Crippen molar-refractivity contribution in [3.63, 3.8) is 0 Å². The number of aliphatic hydroxyl groups excluding tert-OH is 1. The van der Waals surface area contributed by atoms with Crippen molar-refractivity contribution in [3.05, 3.63) is 15.6 Å². The lowest BCUT2D eigenvalue weighted by molar-refractivity contribution is 0.238. The van der Waals surface area contributed by atoms with Crippen LogP contribution < -0.4 is 5.32 Å². The number of aryl methyl sites for hydroxylation is 2. The quantitative estimate of drug-likeness (QED) is 0.783. The first kappa shape index (κ1) is 11.6. The summed E-state index contributed by atoms with van der Waals surface area (Å²) in [6.45, 7) is 7.13. The minimum absolute atomic E-state index is 0.202. The molecule has 1 aromatic rings. The first-order chi connectivity index (χ1) is 6.67. The van der Waals surface area contributed by atoms with E-state index < -0.39 is 0 Å². The van der Waals surface area contributed by atoms with Crippen LogP contribution in [0.4, 0.5) is 0 Å². The Labute approximate surface area is 89.2 Å². The molecule has 4 heteroatoms. The van der Waals surface area contributed by atoms with Gasteiger partial charge in [-0.05, 0) is 20.3 Å². The Morgan fingerprint density at radius 1 is 1.50 bits per heavy atom. The van der Waals surface area contributed by atoms with Crippen LogP contribution in [0.1, 0.15) is 28.9 Å². The molecule has 0 aliphatic heterocycles. The molecule has 1 rings (SSSR count). The lowest BCUT2D eigenvalue weighted by Crippen LogP contribution is -2.31. The molecule has 0 aliphatic rings. The zero-order valence-electron chi connectivity index (χ0n) is 9.00. The van der Waals surface area contributed by atoms with Gasteiger partial charge in [0.15, 0.2) is 0 Å². The molecule has 1 aromatic heterocycles. The van der Waals surface area contributed by atoms with Gasteiger partial charge in [0.2, 0.25) is 0 Å². The Balaban J connectivity index is 2.48. The fourth-order valence-corrected chi connectivity index (χ4v) is 2.20. The third kappa shape index (κ3) is 3.04. The van der Waals surface area contributed by atoms with Crippen LogP contribution in [0, 0.1) is 13.8 Å². The molecule has 0 fully saturated rings. The predicted octanol–water partition coefficient (Wildman–Crippen LogP) is 1.62. The Morgan fingerprint density at radius 3 is 2.64 bits per heavy atom. The number of rotatable bonds is 5. The summed E-state index contributed by atoms with van der Waals surface area (Å²) in [5, 5.41) is 13.4. The Bertz CT molecular complexity index is 282. The highest BCUT2D eigenvalue weighted by atomic mass is 32.1. The van der Waals surface area contributed by atoms with Gasteiger partial charge in [-0.1, -0.05) is 6.92 Å². The number of nitrogens with zero attached hydrogens (tertiary/aromatic N) is 1. The smallest absolute Gasteiger partial charge is 0.0900 e. The van der Waals surface area contributed by atoms with E-state index in [1.54, 1.807) is 11.3 Å². The van der Waals surface area contributed by atoms with Crippen molar-refractivity contribution < 1.29 is 5.11 Å². The van der Waals surface area contributed by atoms with Gasteiger partial charge in [0.05, 0.1) is 17.3 Å². The van der Waals surface area contributed by atoms with Crippen molar-refractivity contribution in [1.82, 2.24) is 10.3 Å². The Morgan fingerprint density at radius 2 is 2.21 bits per heavy atom. The van der Waals surface area contributed by atoms with Crippen molar-refractivity contribution in [2.45, 2.75) is 39.8 Å². The molecule has 1 atom stereocenters. The summed E-state index contributed by atoms with van der Waals surface area (Å²) >= 11 is 1.72. The van der Waals surface area contributed by atoms with Gasteiger partial charge in [-0.2, -0.15) is 0 Å². The molecule has 0 spiro atoms. The lowest BCUT2D eigenvalue weighted by atomic mass is 10.2. The second-order valence-electron chi connectivity index (χ2n) is 3.41. The molecule has 80 valence electrons. The van der Waals surface area contributed by atoms with Gasteiger partial charge < -0.3 is 10.4 Å². The van der Waals surface area contributed by atoms with E-state index in [9.17, 15) is 0 Å². The zero-order valence-corrected chi connectivity index (χ0v) is 9.82. The highest BCUT2D eigenvalue weighted by Crippen LogP contribution is 2.16.